The molecule has 3 rings (SSSR count). The highest BCUT2D eigenvalue weighted by molar-refractivity contribution is 5.56. The van der Waals surface area contributed by atoms with Crippen molar-refractivity contribution in [2.24, 2.45) is 0 Å². The van der Waals surface area contributed by atoms with E-state index in [2.05, 4.69) is 51.7 Å². The van der Waals surface area contributed by atoms with Crippen molar-refractivity contribution in [3.8, 4) is 0 Å². The van der Waals surface area contributed by atoms with Crippen LogP contribution in [0.2, 0.25) is 0 Å². The van der Waals surface area contributed by atoms with Crippen LogP contribution in [-0.4, -0.2) is 53.6 Å². The first-order chi connectivity index (χ1) is 10.2. The number of rotatable bonds is 4. The summed E-state index contributed by atoms with van der Waals surface area (Å²) in [6, 6.07) is 6.77. The summed E-state index contributed by atoms with van der Waals surface area (Å²) in [7, 11) is 1.99. The predicted molar refractivity (Wildman–Crippen MR) is 86.9 cm³/mol. The normalized spacial score (nSPS) is 20.3. The molecule has 1 N–H and O–H groups in total. The fourth-order valence-electron chi connectivity index (χ4n) is 3.28. The molecule has 0 aromatic carbocycles. The third-order valence-corrected chi connectivity index (χ3v) is 4.42. The number of piperazine rings is 1. The van der Waals surface area contributed by atoms with Gasteiger partial charge in [0.2, 0.25) is 0 Å². The second-order valence-electron chi connectivity index (χ2n) is 5.76. The molecule has 21 heavy (non-hydrogen) atoms. The molecule has 0 amide bonds. The van der Waals surface area contributed by atoms with E-state index in [0.717, 1.165) is 44.2 Å². The molecule has 1 fully saturated rings. The Morgan fingerprint density at radius 3 is 2.90 bits per heavy atom. The van der Waals surface area contributed by atoms with Crippen molar-refractivity contribution in [1.82, 2.24) is 19.6 Å². The van der Waals surface area contributed by atoms with E-state index in [9.17, 15) is 0 Å². The lowest BCUT2D eigenvalue weighted by atomic mass is 10.2. The van der Waals surface area contributed by atoms with Crippen molar-refractivity contribution in [1.29, 1.82) is 0 Å². The number of hydrogen-bond acceptors (Lipinski definition) is 4. The van der Waals surface area contributed by atoms with Crippen LogP contribution in [0.1, 0.15) is 19.5 Å². The fourth-order valence-corrected chi connectivity index (χ4v) is 3.28. The highest BCUT2D eigenvalue weighted by Gasteiger charge is 2.26. The number of imidazole rings is 1. The Balaban J connectivity index is 1.94. The molecule has 114 valence electrons. The lowest BCUT2D eigenvalue weighted by molar-refractivity contribution is 0.199. The molecule has 1 atom stereocenters. The Labute approximate surface area is 126 Å². The molecule has 1 aliphatic heterocycles. The van der Waals surface area contributed by atoms with Gasteiger partial charge in [-0.2, -0.15) is 0 Å². The number of nitrogens with zero attached hydrogens (tertiary/aromatic N) is 4. The van der Waals surface area contributed by atoms with Gasteiger partial charge in [-0.1, -0.05) is 13.0 Å². The zero-order valence-corrected chi connectivity index (χ0v) is 13.2. The first kappa shape index (κ1) is 14.4. The molecule has 0 spiro atoms. The Kier molecular flexibility index (Phi) is 4.12. The van der Waals surface area contributed by atoms with Crippen molar-refractivity contribution in [3.63, 3.8) is 0 Å². The van der Waals surface area contributed by atoms with Crippen molar-refractivity contribution in [3.05, 3.63) is 30.1 Å². The summed E-state index contributed by atoms with van der Waals surface area (Å²) in [6.45, 7) is 9.73. The average Bonchev–Trinajstić information content (AvgIpc) is 2.87. The Morgan fingerprint density at radius 1 is 1.33 bits per heavy atom. The number of hydrogen-bond donors (Lipinski definition) is 1. The van der Waals surface area contributed by atoms with E-state index in [1.165, 1.54) is 5.69 Å². The Bertz CT molecular complexity index is 606. The van der Waals surface area contributed by atoms with Gasteiger partial charge in [0.05, 0.1) is 5.69 Å². The maximum absolute atomic E-state index is 4.87. The smallest absolute Gasteiger partial charge is 0.152 e. The second-order valence-corrected chi connectivity index (χ2v) is 5.76. The number of nitrogens with one attached hydrogen (secondary N) is 1. The zero-order valence-electron chi connectivity index (χ0n) is 13.2. The SMILES string of the molecule is CCN1CCN(c2nc3ccccn3c2CNC)CC1C. The maximum atomic E-state index is 4.87. The highest BCUT2D eigenvalue weighted by atomic mass is 15.3. The van der Waals surface area contributed by atoms with Gasteiger partial charge in [-0.3, -0.25) is 4.90 Å². The topological polar surface area (TPSA) is 35.8 Å². The molecular weight excluding hydrogens is 262 g/mol. The number of aromatic nitrogens is 2. The summed E-state index contributed by atoms with van der Waals surface area (Å²) in [4.78, 5) is 9.84. The van der Waals surface area contributed by atoms with E-state index in [4.69, 9.17) is 4.98 Å². The first-order valence-corrected chi connectivity index (χ1v) is 7.84. The van der Waals surface area contributed by atoms with E-state index < -0.39 is 0 Å². The molecule has 5 nitrogen and oxygen atoms in total. The van der Waals surface area contributed by atoms with E-state index in [-0.39, 0.29) is 0 Å². The number of likely N-dealkylation sites (N-methyl/N-ethyl adjacent to an activating group) is 1. The van der Waals surface area contributed by atoms with Crippen molar-refractivity contribution in [2.45, 2.75) is 26.4 Å². The van der Waals surface area contributed by atoms with Crippen LogP contribution in [0.3, 0.4) is 0 Å². The third-order valence-electron chi connectivity index (χ3n) is 4.42. The maximum Gasteiger partial charge on any atom is 0.152 e. The molecule has 1 saturated heterocycles. The van der Waals surface area contributed by atoms with Gasteiger partial charge in [0, 0.05) is 38.4 Å². The van der Waals surface area contributed by atoms with Crippen LogP contribution in [0.5, 0.6) is 0 Å². The third kappa shape index (κ3) is 2.63. The lowest BCUT2D eigenvalue weighted by Crippen LogP contribution is -2.52. The van der Waals surface area contributed by atoms with E-state index >= 15 is 0 Å². The van der Waals surface area contributed by atoms with Gasteiger partial charge in [-0.05, 0) is 32.6 Å². The van der Waals surface area contributed by atoms with Crippen molar-refractivity contribution >= 4 is 11.5 Å². The molecule has 1 unspecified atom stereocenters. The summed E-state index contributed by atoms with van der Waals surface area (Å²) in [5.74, 6) is 1.14. The average molecular weight is 287 g/mol. The van der Waals surface area contributed by atoms with E-state index in [1.54, 1.807) is 0 Å². The molecule has 2 aromatic rings. The lowest BCUT2D eigenvalue weighted by Gasteiger charge is -2.39. The molecule has 3 heterocycles. The van der Waals surface area contributed by atoms with E-state index in [1.807, 2.05) is 13.1 Å². The number of anilines is 1. The Morgan fingerprint density at radius 2 is 2.19 bits per heavy atom. The predicted octanol–water partition coefficient (Wildman–Crippen LogP) is 1.58. The van der Waals surface area contributed by atoms with Gasteiger partial charge in [0.25, 0.3) is 0 Å². The van der Waals surface area contributed by atoms with Gasteiger partial charge in [-0.25, -0.2) is 4.98 Å². The van der Waals surface area contributed by atoms with Gasteiger partial charge in [0.1, 0.15) is 5.65 Å². The standard InChI is InChI=1S/C16H25N5/c1-4-19-9-10-20(12-13(19)2)16-14(11-17-3)21-8-6-5-7-15(21)18-16/h5-8,13,17H,4,9-12H2,1-3H3. The highest BCUT2D eigenvalue weighted by Crippen LogP contribution is 2.24. The quantitative estimate of drug-likeness (QED) is 0.926. The molecule has 0 bridgehead atoms. The minimum Gasteiger partial charge on any atom is -0.352 e. The molecule has 0 saturated carbocycles. The molecule has 0 radical (unpaired) electrons. The van der Waals surface area contributed by atoms with Gasteiger partial charge in [-0.15, -0.1) is 0 Å². The molecule has 0 aliphatic carbocycles. The summed E-state index contributed by atoms with van der Waals surface area (Å²) in [6.07, 6.45) is 2.10. The monoisotopic (exact) mass is 287 g/mol. The zero-order chi connectivity index (χ0) is 14.8. The van der Waals surface area contributed by atoms with Gasteiger partial charge >= 0.3 is 0 Å². The molecule has 1 aliphatic rings. The number of pyridine rings is 1. The summed E-state index contributed by atoms with van der Waals surface area (Å²) in [5.41, 5.74) is 2.29. The fraction of sp³-hybridized carbons (Fsp3) is 0.562. The molecule has 5 heteroatoms. The van der Waals surface area contributed by atoms with Crippen LogP contribution >= 0.6 is 0 Å². The second kappa shape index (κ2) is 6.03. The van der Waals surface area contributed by atoms with Crippen LogP contribution in [-0.2, 0) is 6.54 Å². The van der Waals surface area contributed by atoms with Gasteiger partial charge < -0.3 is 14.6 Å². The van der Waals surface area contributed by atoms with Crippen molar-refractivity contribution < 1.29 is 0 Å². The minimum atomic E-state index is 0.580. The minimum absolute atomic E-state index is 0.580. The van der Waals surface area contributed by atoms with Crippen molar-refractivity contribution in [2.75, 3.05) is 38.1 Å². The summed E-state index contributed by atoms with van der Waals surface area (Å²) in [5, 5.41) is 3.27. The van der Waals surface area contributed by atoms with Crippen LogP contribution in [0.4, 0.5) is 5.82 Å². The van der Waals surface area contributed by atoms with E-state index in [0.29, 0.717) is 6.04 Å². The van der Waals surface area contributed by atoms with Crippen LogP contribution < -0.4 is 10.2 Å². The van der Waals surface area contributed by atoms with Crippen LogP contribution in [0.25, 0.3) is 5.65 Å². The largest absolute Gasteiger partial charge is 0.352 e. The van der Waals surface area contributed by atoms with Gasteiger partial charge in [0.15, 0.2) is 5.82 Å². The van der Waals surface area contributed by atoms with Crippen LogP contribution in [0.15, 0.2) is 24.4 Å². The number of fused-ring (bicyclic) bond motifs is 1. The van der Waals surface area contributed by atoms with Crippen LogP contribution in [0, 0.1) is 0 Å². The first-order valence-electron chi connectivity index (χ1n) is 7.84. The Hall–Kier alpha value is -1.59. The molecule has 2 aromatic heterocycles. The molecular formula is C16H25N5. The summed E-state index contributed by atoms with van der Waals surface area (Å²) < 4.78 is 2.20. The summed E-state index contributed by atoms with van der Waals surface area (Å²) >= 11 is 0.